The van der Waals surface area contributed by atoms with Crippen LogP contribution in [-0.4, -0.2) is 94.4 Å². The lowest BCUT2D eigenvalue weighted by Gasteiger charge is -2.41. The fraction of sp³-hybridized carbons (Fsp3) is 0.727. The first kappa shape index (κ1) is 30.8. The molecule has 0 aromatic carbocycles. The third-order valence-electron chi connectivity index (χ3n) is 10.3. The first-order chi connectivity index (χ1) is 20.9. The minimum absolute atomic E-state index is 0.00585. The fourth-order valence-electron chi connectivity index (χ4n) is 7.91. The second-order valence-corrected chi connectivity index (χ2v) is 14.4. The van der Waals surface area contributed by atoms with E-state index in [1.54, 1.807) is 0 Å². The zero-order valence-electron chi connectivity index (χ0n) is 26.8. The van der Waals surface area contributed by atoms with Gasteiger partial charge in [-0.1, -0.05) is 6.42 Å². The van der Waals surface area contributed by atoms with Crippen LogP contribution < -0.4 is 15.4 Å². The van der Waals surface area contributed by atoms with Gasteiger partial charge in [-0.05, 0) is 92.2 Å². The topological polar surface area (TPSA) is 131 Å². The number of carbonyl (C=O) groups is 3. The molecule has 0 radical (unpaired) electrons. The molecule has 2 N–H and O–H groups in total. The van der Waals surface area contributed by atoms with Crippen LogP contribution in [0.3, 0.4) is 0 Å². The van der Waals surface area contributed by atoms with Crippen LogP contribution in [0.4, 0.5) is 10.6 Å². The molecule has 3 aliphatic heterocycles. The summed E-state index contributed by atoms with van der Waals surface area (Å²) >= 11 is 0. The highest BCUT2D eigenvalue weighted by Gasteiger charge is 2.50. The smallest absolute Gasteiger partial charge is 0.410 e. The molecule has 6 rings (SSSR count). The monoisotopic (exact) mass is 608 g/mol. The first-order valence-electron chi connectivity index (χ1n) is 16.5. The molecule has 2 saturated carbocycles. The molecule has 2 unspecified atom stereocenters. The van der Waals surface area contributed by atoms with E-state index in [-0.39, 0.29) is 41.3 Å². The van der Waals surface area contributed by atoms with Crippen molar-refractivity contribution >= 4 is 29.2 Å². The van der Waals surface area contributed by atoms with Crippen LogP contribution in [0.15, 0.2) is 11.6 Å². The van der Waals surface area contributed by atoms with Gasteiger partial charge in [0.25, 0.3) is 0 Å². The number of hydrogen-bond acceptors (Lipinski definition) is 10. The summed E-state index contributed by atoms with van der Waals surface area (Å²) in [5.41, 5.74) is 5.97. The molecule has 1 amide bonds. The highest BCUT2D eigenvalue weighted by atomic mass is 16.6. The van der Waals surface area contributed by atoms with Gasteiger partial charge in [0.2, 0.25) is 5.88 Å². The summed E-state index contributed by atoms with van der Waals surface area (Å²) in [6.07, 6.45) is 8.33. The summed E-state index contributed by atoms with van der Waals surface area (Å²) in [5, 5.41) is 0. The van der Waals surface area contributed by atoms with Crippen LogP contribution in [0.5, 0.6) is 5.88 Å². The Kier molecular flexibility index (Phi) is 8.36. The third kappa shape index (κ3) is 5.91. The average molecular weight is 609 g/mol. The van der Waals surface area contributed by atoms with E-state index < -0.39 is 11.0 Å². The van der Waals surface area contributed by atoms with Crippen molar-refractivity contribution in [2.75, 3.05) is 38.2 Å². The molecule has 44 heavy (non-hydrogen) atoms. The van der Waals surface area contributed by atoms with Crippen LogP contribution in [0, 0.1) is 5.41 Å². The Morgan fingerprint density at radius 1 is 1.02 bits per heavy atom. The number of hydrogen-bond donors (Lipinski definition) is 1. The maximum atomic E-state index is 13.9. The van der Waals surface area contributed by atoms with Crippen molar-refractivity contribution in [2.24, 2.45) is 11.1 Å². The van der Waals surface area contributed by atoms with Crippen molar-refractivity contribution in [1.29, 1.82) is 0 Å². The Balaban J connectivity index is 1.30. The second-order valence-electron chi connectivity index (χ2n) is 14.4. The number of likely N-dealkylation sites (N-methyl/N-ethyl adjacent to an activating group) is 1. The van der Waals surface area contributed by atoms with Gasteiger partial charge in [0.05, 0.1) is 23.2 Å². The number of nitrogens with two attached hydrogens (primary N) is 1. The van der Waals surface area contributed by atoms with Gasteiger partial charge < -0.3 is 25.0 Å². The van der Waals surface area contributed by atoms with E-state index in [1.807, 2.05) is 31.7 Å². The Hall–Kier alpha value is -3.21. The van der Waals surface area contributed by atoms with Gasteiger partial charge in [-0.15, -0.1) is 0 Å². The highest BCUT2D eigenvalue weighted by Crippen LogP contribution is 2.45. The molecule has 4 heterocycles. The molecular formula is C33H48N6O5. The molecule has 1 spiro atoms. The van der Waals surface area contributed by atoms with Crippen molar-refractivity contribution in [3.63, 3.8) is 0 Å². The average Bonchev–Trinajstić information content (AvgIpc) is 3.51. The molecule has 5 aliphatic rings. The molecule has 1 aromatic heterocycles. The number of nitrogens with zero attached hydrogens (tertiary/aromatic N) is 5. The second kappa shape index (κ2) is 11.9. The lowest BCUT2D eigenvalue weighted by atomic mass is 9.62. The van der Waals surface area contributed by atoms with E-state index >= 15 is 0 Å². The van der Waals surface area contributed by atoms with Crippen LogP contribution in [-0.2, 0) is 14.3 Å². The standard InChI is InChI=1S/C33H48N6O5/c1-32(2,3)44-31(42)39-21-12-13-22(39)19-38(18-21)26-17-27(43-20-23-9-8-16-37(23)4)36-30(35-26)28(34)24-10-7-15-33(29(24)41)14-6-5-11-25(33)40/h17,21-23H,5-16,18-20,34H2,1-4H3/b28-24-/t21?,22?,23-,33+/m0/s1. The molecule has 240 valence electrons. The van der Waals surface area contributed by atoms with Gasteiger partial charge in [-0.25, -0.2) is 9.78 Å². The number of carbonyl (C=O) groups excluding carboxylic acids is 3. The van der Waals surface area contributed by atoms with E-state index in [0.29, 0.717) is 68.7 Å². The molecule has 1 aromatic rings. The zero-order chi connectivity index (χ0) is 31.2. The Morgan fingerprint density at radius 3 is 2.41 bits per heavy atom. The molecule has 11 heteroatoms. The number of allylic oxidation sites excluding steroid dienone is 1. The van der Waals surface area contributed by atoms with Gasteiger partial charge in [0.1, 0.15) is 23.8 Å². The molecule has 11 nitrogen and oxygen atoms in total. The number of rotatable bonds is 5. The van der Waals surface area contributed by atoms with Crippen LogP contribution in [0.1, 0.15) is 97.2 Å². The predicted octanol–water partition coefficient (Wildman–Crippen LogP) is 4.09. The predicted molar refractivity (Wildman–Crippen MR) is 166 cm³/mol. The number of Topliss-reactive ketones (excluding diaryl/α,β-unsaturated/α-hetero) is 2. The van der Waals surface area contributed by atoms with Crippen molar-refractivity contribution in [3.05, 3.63) is 17.5 Å². The minimum Gasteiger partial charge on any atom is -0.476 e. The Morgan fingerprint density at radius 2 is 1.75 bits per heavy atom. The molecule has 4 atom stereocenters. The maximum absolute atomic E-state index is 13.9. The van der Waals surface area contributed by atoms with Crippen molar-refractivity contribution in [1.82, 2.24) is 19.8 Å². The molecule has 2 aliphatic carbocycles. The fourth-order valence-corrected chi connectivity index (χ4v) is 7.91. The normalized spacial score (nSPS) is 30.7. The summed E-state index contributed by atoms with van der Waals surface area (Å²) in [7, 11) is 2.11. The van der Waals surface area contributed by atoms with Gasteiger partial charge in [-0.3, -0.25) is 14.5 Å². The van der Waals surface area contributed by atoms with Gasteiger partial charge in [0, 0.05) is 37.2 Å². The number of aromatic nitrogens is 2. The molecule has 5 fully saturated rings. The van der Waals surface area contributed by atoms with Crippen LogP contribution in [0.2, 0.25) is 0 Å². The van der Waals surface area contributed by atoms with E-state index in [1.165, 1.54) is 0 Å². The summed E-state index contributed by atoms with van der Waals surface area (Å²) in [4.78, 5) is 56.1. The van der Waals surface area contributed by atoms with E-state index in [4.69, 9.17) is 25.2 Å². The minimum atomic E-state index is -0.947. The number of fused-ring (bicyclic) bond motifs is 2. The van der Waals surface area contributed by atoms with Gasteiger partial charge >= 0.3 is 6.09 Å². The van der Waals surface area contributed by atoms with E-state index in [2.05, 4.69) is 16.8 Å². The van der Waals surface area contributed by atoms with Crippen molar-refractivity contribution < 1.29 is 23.9 Å². The number of amides is 1. The summed E-state index contributed by atoms with van der Waals surface area (Å²) in [5.74, 6) is 1.27. The van der Waals surface area contributed by atoms with E-state index in [9.17, 15) is 14.4 Å². The Labute approximate surface area is 260 Å². The summed E-state index contributed by atoms with van der Waals surface area (Å²) < 4.78 is 12.0. The summed E-state index contributed by atoms with van der Waals surface area (Å²) in [6.45, 7) is 8.40. The highest BCUT2D eigenvalue weighted by molar-refractivity contribution is 6.17. The van der Waals surface area contributed by atoms with Crippen molar-refractivity contribution in [3.8, 4) is 5.88 Å². The quantitative estimate of drug-likeness (QED) is 0.385. The lowest BCUT2D eigenvalue weighted by Crippen LogP contribution is -2.57. The number of piperazine rings is 1. The molecular weight excluding hydrogens is 560 g/mol. The third-order valence-corrected chi connectivity index (χ3v) is 10.3. The number of ether oxygens (including phenoxy) is 2. The number of anilines is 1. The number of likely N-dealkylation sites (tertiary alicyclic amines) is 1. The lowest BCUT2D eigenvalue weighted by molar-refractivity contribution is -0.143. The summed E-state index contributed by atoms with van der Waals surface area (Å²) in [6, 6.07) is 2.17. The van der Waals surface area contributed by atoms with Gasteiger partial charge in [-0.2, -0.15) is 4.98 Å². The molecule has 3 saturated heterocycles. The zero-order valence-corrected chi connectivity index (χ0v) is 26.8. The largest absolute Gasteiger partial charge is 0.476 e. The SMILES string of the molecule is CN1CCC[C@H]1COc1cc(N2CC3CCC(C2)N3C(=O)OC(C)(C)C)nc(/C(N)=C2\CCC[C@@]3(CCCCC3=O)C2=O)n1. The van der Waals surface area contributed by atoms with Gasteiger partial charge in [0.15, 0.2) is 11.6 Å². The molecule has 2 bridgehead atoms. The Bertz CT molecular complexity index is 1320. The first-order valence-corrected chi connectivity index (χ1v) is 16.5. The van der Waals surface area contributed by atoms with Crippen LogP contribution in [0.25, 0.3) is 5.70 Å². The maximum Gasteiger partial charge on any atom is 0.410 e. The number of ketones is 2. The van der Waals surface area contributed by atoms with E-state index in [0.717, 1.165) is 51.5 Å². The van der Waals surface area contributed by atoms with Crippen LogP contribution >= 0.6 is 0 Å². The van der Waals surface area contributed by atoms with Crippen molar-refractivity contribution in [2.45, 2.75) is 115 Å².